The van der Waals surface area contributed by atoms with Crippen LogP contribution in [0.15, 0.2) is 120 Å². The molecule has 1 aromatic heterocycles. The van der Waals surface area contributed by atoms with Crippen molar-refractivity contribution in [2.24, 2.45) is 0 Å². The smallest absolute Gasteiger partial charge is 0.262 e. The summed E-state index contributed by atoms with van der Waals surface area (Å²) in [6.45, 7) is 2.22. The van der Waals surface area contributed by atoms with E-state index in [4.69, 9.17) is 4.98 Å². The van der Waals surface area contributed by atoms with Gasteiger partial charge in [0.1, 0.15) is 11.4 Å². The van der Waals surface area contributed by atoms with Crippen molar-refractivity contribution in [3.05, 3.63) is 148 Å². The summed E-state index contributed by atoms with van der Waals surface area (Å²) in [5.41, 5.74) is 2.75. The maximum atomic E-state index is 14.0. The molecule has 1 unspecified atom stereocenters. The lowest BCUT2D eigenvalue weighted by atomic mass is 9.54. The molecule has 1 aliphatic heterocycles. The second-order valence-electron chi connectivity index (χ2n) is 8.53. The highest BCUT2D eigenvalue weighted by Gasteiger charge is 2.65. The first-order valence-electron chi connectivity index (χ1n) is 10.9. The molecule has 1 atom stereocenters. The van der Waals surface area contributed by atoms with Gasteiger partial charge in [0, 0.05) is 0 Å². The van der Waals surface area contributed by atoms with E-state index in [0.29, 0.717) is 5.39 Å². The number of nitrogens with zero attached hydrogens (tertiary/aromatic N) is 2. The Bertz CT molecular complexity index is 1450. The summed E-state index contributed by atoms with van der Waals surface area (Å²) in [5, 5.41) is 0.641. The molecule has 3 nitrogen and oxygen atoms in total. The minimum Gasteiger partial charge on any atom is -0.279 e. The lowest BCUT2D eigenvalue weighted by Crippen LogP contribution is -2.68. The van der Waals surface area contributed by atoms with E-state index >= 15 is 0 Å². The Hall–Kier alpha value is -3.98. The maximum absolute atomic E-state index is 14.0. The fourth-order valence-corrected chi connectivity index (χ4v) is 5.58. The fourth-order valence-electron chi connectivity index (χ4n) is 5.58. The summed E-state index contributed by atoms with van der Waals surface area (Å²) in [4.78, 5) is 19.1. The number of hydrogen-bond donors (Lipinski definition) is 0. The van der Waals surface area contributed by atoms with Gasteiger partial charge in [-0.15, -0.1) is 0 Å². The molecule has 0 saturated heterocycles. The van der Waals surface area contributed by atoms with Crippen molar-refractivity contribution in [2.75, 3.05) is 0 Å². The van der Waals surface area contributed by atoms with Gasteiger partial charge in [0.2, 0.25) is 0 Å². The molecule has 0 bridgehead atoms. The van der Waals surface area contributed by atoms with Crippen molar-refractivity contribution in [3.8, 4) is 0 Å². The molecule has 6 rings (SSSR count). The Morgan fingerprint density at radius 3 is 1.66 bits per heavy atom. The second kappa shape index (κ2) is 6.76. The van der Waals surface area contributed by atoms with Crippen LogP contribution in [0, 0.1) is 0 Å². The summed E-state index contributed by atoms with van der Waals surface area (Å²) in [6.07, 6.45) is 0. The average molecular weight is 415 g/mol. The molecular weight excluding hydrogens is 392 g/mol. The van der Waals surface area contributed by atoms with Gasteiger partial charge in [-0.25, -0.2) is 4.98 Å². The lowest BCUT2D eigenvalue weighted by molar-refractivity contribution is 0.159. The first kappa shape index (κ1) is 18.8. The van der Waals surface area contributed by atoms with Crippen LogP contribution >= 0.6 is 0 Å². The first-order valence-corrected chi connectivity index (χ1v) is 10.9. The highest BCUT2D eigenvalue weighted by molar-refractivity contribution is 5.79. The van der Waals surface area contributed by atoms with Crippen LogP contribution in [0.3, 0.4) is 0 Å². The number of rotatable bonds is 3. The molecule has 0 fully saturated rings. The molecule has 0 spiro atoms. The molecule has 1 aliphatic rings. The number of benzene rings is 4. The lowest BCUT2D eigenvalue weighted by Gasteiger charge is -2.59. The molecule has 5 aromatic rings. The molecule has 0 N–H and O–H groups in total. The third kappa shape index (κ3) is 2.20. The van der Waals surface area contributed by atoms with Gasteiger partial charge in [0.05, 0.1) is 16.3 Å². The molecule has 3 heteroatoms. The van der Waals surface area contributed by atoms with Crippen molar-refractivity contribution in [2.45, 2.75) is 17.9 Å². The van der Waals surface area contributed by atoms with Crippen molar-refractivity contribution < 1.29 is 0 Å². The monoisotopic (exact) mass is 414 g/mol. The Morgan fingerprint density at radius 1 is 0.625 bits per heavy atom. The average Bonchev–Trinajstić information content (AvgIpc) is 2.86. The van der Waals surface area contributed by atoms with Crippen molar-refractivity contribution >= 4 is 10.9 Å². The van der Waals surface area contributed by atoms with Gasteiger partial charge < -0.3 is 0 Å². The molecule has 32 heavy (non-hydrogen) atoms. The predicted octanol–water partition coefficient (Wildman–Crippen LogP) is 5.51. The van der Waals surface area contributed by atoms with Crippen LogP contribution in [-0.2, 0) is 11.0 Å². The van der Waals surface area contributed by atoms with E-state index in [-0.39, 0.29) is 5.56 Å². The van der Waals surface area contributed by atoms with Crippen LogP contribution in [0.25, 0.3) is 10.9 Å². The second-order valence-corrected chi connectivity index (χ2v) is 8.53. The van der Waals surface area contributed by atoms with E-state index in [1.807, 2.05) is 71.3 Å². The zero-order chi connectivity index (χ0) is 21.8. The predicted molar refractivity (Wildman–Crippen MR) is 128 cm³/mol. The number of fused-ring (bicyclic) bond motifs is 2. The molecule has 0 saturated carbocycles. The fraction of sp³-hybridized carbons (Fsp3) is 0.103. The van der Waals surface area contributed by atoms with Crippen molar-refractivity contribution in [1.82, 2.24) is 9.55 Å². The van der Waals surface area contributed by atoms with Crippen LogP contribution in [0.1, 0.15) is 29.4 Å². The molecule has 0 aliphatic carbocycles. The van der Waals surface area contributed by atoms with E-state index in [1.54, 1.807) is 0 Å². The summed E-state index contributed by atoms with van der Waals surface area (Å²) < 4.78 is 1.92. The van der Waals surface area contributed by atoms with Gasteiger partial charge in [-0.2, -0.15) is 0 Å². The Morgan fingerprint density at radius 2 is 1.09 bits per heavy atom. The summed E-state index contributed by atoms with van der Waals surface area (Å²) in [6, 6.07) is 38.8. The Labute approximate surface area is 186 Å². The highest BCUT2D eigenvalue weighted by atomic mass is 16.1. The van der Waals surface area contributed by atoms with Crippen molar-refractivity contribution in [1.29, 1.82) is 0 Å². The zero-order valence-electron chi connectivity index (χ0n) is 17.8. The standard InChI is InChI=1S/C29H22N2O/c1-28(21-13-5-2-6-14-21)27-30-25-20-12-11-19-24(25)26(32)31(27)29(28,22-15-7-3-8-16-22)23-17-9-4-10-18-23/h2-20H,1H3. The molecular formula is C29H22N2O. The van der Waals surface area contributed by atoms with Gasteiger partial charge in [-0.3, -0.25) is 9.36 Å². The Kier molecular flexibility index (Phi) is 3.96. The largest absolute Gasteiger partial charge is 0.279 e. The minimum absolute atomic E-state index is 0.00767. The topological polar surface area (TPSA) is 34.9 Å². The normalized spacial score (nSPS) is 18.7. The van der Waals surface area contributed by atoms with Gasteiger partial charge in [0.25, 0.3) is 5.56 Å². The van der Waals surface area contributed by atoms with E-state index in [1.165, 1.54) is 0 Å². The third-order valence-corrected chi connectivity index (χ3v) is 7.02. The number of para-hydroxylation sites is 1. The van der Waals surface area contributed by atoms with Gasteiger partial charge in [-0.05, 0) is 35.7 Å². The maximum Gasteiger partial charge on any atom is 0.262 e. The van der Waals surface area contributed by atoms with E-state index in [0.717, 1.165) is 28.0 Å². The summed E-state index contributed by atoms with van der Waals surface area (Å²) in [7, 11) is 0. The molecule has 154 valence electrons. The van der Waals surface area contributed by atoms with Gasteiger partial charge in [-0.1, -0.05) is 103 Å². The molecule has 0 amide bonds. The van der Waals surface area contributed by atoms with Crippen LogP contribution < -0.4 is 5.56 Å². The minimum atomic E-state index is -0.722. The molecule has 4 aromatic carbocycles. The SMILES string of the molecule is CC1(c2ccccc2)c2nc3ccccc3c(=O)n2C1(c1ccccc1)c1ccccc1. The number of aromatic nitrogens is 2. The third-order valence-electron chi connectivity index (χ3n) is 7.02. The molecule has 2 heterocycles. The van der Waals surface area contributed by atoms with Crippen LogP contribution in [-0.4, -0.2) is 9.55 Å². The van der Waals surface area contributed by atoms with E-state index < -0.39 is 11.0 Å². The molecule has 0 radical (unpaired) electrons. The number of hydrogen-bond acceptors (Lipinski definition) is 2. The van der Waals surface area contributed by atoms with Gasteiger partial charge >= 0.3 is 0 Å². The Balaban J connectivity index is 1.84. The quantitative estimate of drug-likeness (QED) is 0.390. The zero-order valence-corrected chi connectivity index (χ0v) is 17.8. The van der Waals surface area contributed by atoms with E-state index in [9.17, 15) is 4.79 Å². The highest BCUT2D eigenvalue weighted by Crippen LogP contribution is 2.59. The van der Waals surface area contributed by atoms with E-state index in [2.05, 4.69) is 55.5 Å². The van der Waals surface area contributed by atoms with Crippen molar-refractivity contribution in [3.63, 3.8) is 0 Å². The van der Waals surface area contributed by atoms with Crippen LogP contribution in [0.2, 0.25) is 0 Å². The summed E-state index contributed by atoms with van der Waals surface area (Å²) >= 11 is 0. The van der Waals surface area contributed by atoms with Crippen LogP contribution in [0.4, 0.5) is 0 Å². The van der Waals surface area contributed by atoms with Gasteiger partial charge in [0.15, 0.2) is 0 Å². The van der Waals surface area contributed by atoms with Crippen LogP contribution in [0.5, 0.6) is 0 Å². The first-order chi connectivity index (χ1) is 15.7. The summed E-state index contributed by atoms with van der Waals surface area (Å²) in [5.74, 6) is 0.792.